The predicted octanol–water partition coefficient (Wildman–Crippen LogP) is 1.70. The lowest BCUT2D eigenvalue weighted by molar-refractivity contribution is -0.131. The van der Waals surface area contributed by atoms with Crippen molar-refractivity contribution in [3.8, 4) is 0 Å². The number of hydrogen-bond donors (Lipinski definition) is 1. The molecule has 1 aliphatic rings. The van der Waals surface area contributed by atoms with Gasteiger partial charge in [0, 0.05) is 27.1 Å². The van der Waals surface area contributed by atoms with Gasteiger partial charge in [-0.15, -0.1) is 11.3 Å². The molecule has 2 atom stereocenters. The van der Waals surface area contributed by atoms with Crippen molar-refractivity contribution >= 4 is 29.1 Å². The molecule has 1 aromatic rings. The highest BCUT2D eigenvalue weighted by molar-refractivity contribution is 7.12. The Hall–Kier alpha value is -1.96. The van der Waals surface area contributed by atoms with Crippen LogP contribution in [-0.2, 0) is 11.2 Å². The van der Waals surface area contributed by atoms with Crippen LogP contribution in [0.3, 0.4) is 0 Å². The van der Waals surface area contributed by atoms with Crippen molar-refractivity contribution in [1.82, 2.24) is 15.1 Å². The molecular formula is C16H22FN3O3S. The van der Waals surface area contributed by atoms with E-state index in [-0.39, 0.29) is 49.7 Å². The number of nitrogens with one attached hydrogen (secondary N) is 1. The van der Waals surface area contributed by atoms with Crippen LogP contribution in [0.15, 0.2) is 11.4 Å². The van der Waals surface area contributed by atoms with Crippen molar-refractivity contribution in [3.63, 3.8) is 0 Å². The molecule has 132 valence electrons. The molecule has 0 radical (unpaired) electrons. The van der Waals surface area contributed by atoms with Gasteiger partial charge in [-0.05, 0) is 23.9 Å². The summed E-state index contributed by atoms with van der Waals surface area (Å²) in [6, 6.07) is 1.09. The van der Waals surface area contributed by atoms with Crippen LogP contribution in [0.2, 0.25) is 0 Å². The van der Waals surface area contributed by atoms with Crippen molar-refractivity contribution in [3.05, 3.63) is 21.9 Å². The predicted molar refractivity (Wildman–Crippen MR) is 90.1 cm³/mol. The van der Waals surface area contributed by atoms with E-state index in [0.29, 0.717) is 4.88 Å². The van der Waals surface area contributed by atoms with E-state index in [9.17, 15) is 18.8 Å². The van der Waals surface area contributed by atoms with Crippen molar-refractivity contribution in [2.45, 2.75) is 32.0 Å². The van der Waals surface area contributed by atoms with Crippen LogP contribution in [0.25, 0.3) is 0 Å². The monoisotopic (exact) mass is 355 g/mol. The van der Waals surface area contributed by atoms with E-state index >= 15 is 0 Å². The first kappa shape index (κ1) is 18.4. The van der Waals surface area contributed by atoms with Crippen LogP contribution in [0, 0.1) is 0 Å². The van der Waals surface area contributed by atoms with Gasteiger partial charge in [-0.1, -0.05) is 0 Å². The van der Waals surface area contributed by atoms with Crippen molar-refractivity contribution < 1.29 is 18.8 Å². The number of carbonyl (C=O) groups is 3. The summed E-state index contributed by atoms with van der Waals surface area (Å²) in [5.41, 5.74) is 0.758. The molecule has 0 spiro atoms. The van der Waals surface area contributed by atoms with Crippen LogP contribution < -0.4 is 5.32 Å². The first-order valence-electron chi connectivity index (χ1n) is 7.75. The molecule has 8 heteroatoms. The smallest absolute Gasteiger partial charge is 0.316 e. The first-order valence-corrected chi connectivity index (χ1v) is 8.63. The Morgan fingerprint density at radius 1 is 1.42 bits per heavy atom. The number of rotatable bonds is 5. The summed E-state index contributed by atoms with van der Waals surface area (Å²) in [4.78, 5) is 38.9. The quantitative estimate of drug-likeness (QED) is 0.818. The summed E-state index contributed by atoms with van der Waals surface area (Å²) in [7, 11) is 3.24. The number of amides is 3. The maximum absolute atomic E-state index is 13.8. The van der Waals surface area contributed by atoms with Gasteiger partial charge < -0.3 is 15.1 Å². The zero-order chi connectivity index (χ0) is 17.9. The normalized spacial score (nSPS) is 20.1. The Bertz CT molecular complexity index is 632. The molecule has 6 nitrogen and oxygen atoms in total. The number of likely N-dealkylation sites (tertiary alicyclic amines) is 1. The highest BCUT2D eigenvalue weighted by Gasteiger charge is 2.35. The number of nitrogens with zero attached hydrogens (tertiary/aromatic N) is 2. The molecule has 0 unspecified atom stereocenters. The van der Waals surface area contributed by atoms with E-state index in [1.807, 2.05) is 0 Å². The van der Waals surface area contributed by atoms with Gasteiger partial charge in [0.15, 0.2) is 5.78 Å². The molecule has 0 saturated carbocycles. The largest absolute Gasteiger partial charge is 0.336 e. The van der Waals surface area contributed by atoms with Gasteiger partial charge in [0.2, 0.25) is 5.91 Å². The van der Waals surface area contributed by atoms with Gasteiger partial charge in [-0.3, -0.25) is 9.59 Å². The molecule has 0 aromatic carbocycles. The third kappa shape index (κ3) is 4.53. The number of carbonyl (C=O) groups excluding carboxylic acids is 3. The van der Waals surface area contributed by atoms with E-state index in [1.54, 1.807) is 25.5 Å². The molecule has 1 N–H and O–H groups in total. The average Bonchev–Trinajstić information content (AvgIpc) is 3.11. The van der Waals surface area contributed by atoms with E-state index in [2.05, 4.69) is 5.32 Å². The molecular weight excluding hydrogens is 333 g/mol. The number of ketones is 1. The highest BCUT2D eigenvalue weighted by Crippen LogP contribution is 2.22. The maximum atomic E-state index is 13.8. The van der Waals surface area contributed by atoms with E-state index in [4.69, 9.17) is 0 Å². The van der Waals surface area contributed by atoms with Crippen molar-refractivity contribution in [2.24, 2.45) is 0 Å². The number of alkyl halides is 1. The van der Waals surface area contributed by atoms with E-state index < -0.39 is 6.17 Å². The molecule has 0 bridgehead atoms. The Balaban J connectivity index is 1.97. The van der Waals surface area contributed by atoms with Gasteiger partial charge in [-0.25, -0.2) is 9.18 Å². The molecule has 2 heterocycles. The minimum absolute atomic E-state index is 0.0343. The summed E-state index contributed by atoms with van der Waals surface area (Å²) in [6.45, 7) is 1.76. The third-order valence-electron chi connectivity index (χ3n) is 3.93. The molecule has 3 amide bonds. The Morgan fingerprint density at radius 2 is 2.12 bits per heavy atom. The molecule has 1 fully saturated rings. The number of thiophene rings is 1. The van der Waals surface area contributed by atoms with Crippen LogP contribution in [0.4, 0.5) is 9.18 Å². The maximum Gasteiger partial charge on any atom is 0.316 e. The second kappa shape index (κ2) is 7.74. The highest BCUT2D eigenvalue weighted by atomic mass is 32.1. The zero-order valence-electron chi connectivity index (χ0n) is 14.0. The minimum atomic E-state index is -1.08. The van der Waals surface area contributed by atoms with Gasteiger partial charge in [-0.2, -0.15) is 0 Å². The number of Topliss-reactive ketones (excluding diaryl/α,β-unsaturated/α-hetero) is 1. The number of halogens is 1. The second-order valence-corrected chi connectivity index (χ2v) is 7.08. The van der Waals surface area contributed by atoms with Gasteiger partial charge in [0.1, 0.15) is 6.17 Å². The van der Waals surface area contributed by atoms with Crippen molar-refractivity contribution in [2.75, 3.05) is 27.2 Å². The molecule has 1 aromatic heterocycles. The van der Waals surface area contributed by atoms with Crippen LogP contribution in [-0.4, -0.2) is 66.9 Å². The zero-order valence-corrected chi connectivity index (χ0v) is 14.9. The van der Waals surface area contributed by atoms with Crippen LogP contribution in [0.1, 0.15) is 28.6 Å². The Labute approximate surface area is 144 Å². The molecule has 24 heavy (non-hydrogen) atoms. The van der Waals surface area contributed by atoms with E-state index in [0.717, 1.165) is 5.56 Å². The lowest BCUT2D eigenvalue weighted by Crippen LogP contribution is -2.45. The summed E-state index contributed by atoms with van der Waals surface area (Å²) in [6.07, 6.45) is -0.721. The average molecular weight is 355 g/mol. The topological polar surface area (TPSA) is 69.7 Å². The van der Waals surface area contributed by atoms with Gasteiger partial charge >= 0.3 is 6.03 Å². The van der Waals surface area contributed by atoms with Crippen LogP contribution in [0.5, 0.6) is 0 Å². The van der Waals surface area contributed by atoms with E-state index in [1.165, 1.54) is 28.1 Å². The third-order valence-corrected chi connectivity index (χ3v) is 5.01. The Morgan fingerprint density at radius 3 is 2.71 bits per heavy atom. The second-order valence-electron chi connectivity index (χ2n) is 6.17. The van der Waals surface area contributed by atoms with Gasteiger partial charge in [0.25, 0.3) is 0 Å². The molecule has 2 rings (SSSR count). The first-order chi connectivity index (χ1) is 11.3. The fourth-order valence-corrected chi connectivity index (χ4v) is 3.47. The summed E-state index contributed by atoms with van der Waals surface area (Å²) in [5.74, 6) is -0.222. The fraction of sp³-hybridized carbons (Fsp3) is 0.562. The van der Waals surface area contributed by atoms with Gasteiger partial charge in [0.05, 0.1) is 23.9 Å². The standard InChI is InChI=1S/C16H22FN3O3S/c1-10(21)14-4-11(9-24-14)5-15(22)20-8-12(17)6-13(20)7-18-16(23)19(2)3/h4,9,12-13H,5-8H2,1-3H3,(H,18,23)/t12-,13-/m0/s1. The lowest BCUT2D eigenvalue weighted by Gasteiger charge is -2.25. The summed E-state index contributed by atoms with van der Waals surface area (Å²) < 4.78 is 13.8. The number of urea groups is 1. The van der Waals surface area contributed by atoms with Crippen LogP contribution >= 0.6 is 11.3 Å². The summed E-state index contributed by atoms with van der Waals surface area (Å²) in [5, 5.41) is 4.47. The Kier molecular flexibility index (Phi) is 5.93. The summed E-state index contributed by atoms with van der Waals surface area (Å²) >= 11 is 1.30. The minimum Gasteiger partial charge on any atom is -0.336 e. The number of hydrogen-bond acceptors (Lipinski definition) is 4. The molecule has 0 aliphatic carbocycles. The fourth-order valence-electron chi connectivity index (χ4n) is 2.65. The van der Waals surface area contributed by atoms with Crippen molar-refractivity contribution in [1.29, 1.82) is 0 Å². The SMILES string of the molecule is CC(=O)c1cc(CC(=O)N2C[C@@H](F)C[C@H]2CNC(=O)N(C)C)cs1. The molecule has 1 saturated heterocycles. The lowest BCUT2D eigenvalue weighted by atomic mass is 10.1. The molecule has 1 aliphatic heterocycles.